The lowest BCUT2D eigenvalue weighted by molar-refractivity contribution is -0.115. The van der Waals surface area contributed by atoms with Crippen molar-refractivity contribution in [3.63, 3.8) is 0 Å². The molecule has 0 aliphatic carbocycles. The van der Waals surface area contributed by atoms with Gasteiger partial charge in [-0.25, -0.2) is 13.4 Å². The van der Waals surface area contributed by atoms with Crippen LogP contribution in [0.15, 0.2) is 52.5 Å². The molecule has 0 spiro atoms. The molecule has 4 rings (SSSR count). The maximum atomic E-state index is 13.1. The lowest BCUT2D eigenvalue weighted by Crippen LogP contribution is -2.40. The highest BCUT2D eigenvalue weighted by molar-refractivity contribution is 8.00. The second-order valence-corrected chi connectivity index (χ2v) is 11.2. The van der Waals surface area contributed by atoms with Crippen LogP contribution in [0.2, 0.25) is 0 Å². The third-order valence-corrected chi connectivity index (χ3v) is 8.52. The van der Waals surface area contributed by atoms with E-state index < -0.39 is 15.3 Å². The Bertz CT molecular complexity index is 1290. The minimum Gasteiger partial charge on any atom is -0.497 e. The van der Waals surface area contributed by atoms with E-state index in [4.69, 9.17) is 9.47 Å². The zero-order valence-corrected chi connectivity index (χ0v) is 21.3. The van der Waals surface area contributed by atoms with Gasteiger partial charge >= 0.3 is 0 Å². The third kappa shape index (κ3) is 5.84. The molecule has 0 saturated carbocycles. The van der Waals surface area contributed by atoms with Crippen molar-refractivity contribution in [1.29, 1.82) is 0 Å². The Morgan fingerprint density at radius 3 is 2.60 bits per heavy atom. The number of benzene rings is 2. The van der Waals surface area contributed by atoms with Crippen LogP contribution in [0.1, 0.15) is 12.5 Å². The van der Waals surface area contributed by atoms with Crippen LogP contribution in [-0.2, 0) is 19.6 Å². The van der Waals surface area contributed by atoms with Crippen LogP contribution in [0.5, 0.6) is 5.75 Å². The van der Waals surface area contributed by atoms with Crippen molar-refractivity contribution >= 4 is 33.4 Å². The van der Waals surface area contributed by atoms with Crippen molar-refractivity contribution in [3.05, 3.63) is 48.0 Å². The largest absolute Gasteiger partial charge is 0.497 e. The average Bonchev–Trinajstić information content (AvgIpc) is 3.34. The number of rotatable bonds is 8. The van der Waals surface area contributed by atoms with Crippen molar-refractivity contribution in [2.24, 2.45) is 0 Å². The molecule has 1 unspecified atom stereocenters. The van der Waals surface area contributed by atoms with E-state index in [1.807, 2.05) is 24.3 Å². The number of thioether (sulfide) groups is 1. The lowest BCUT2D eigenvalue weighted by Gasteiger charge is -2.27. The molecule has 1 aromatic heterocycles. The molecule has 1 fully saturated rings. The van der Waals surface area contributed by atoms with Gasteiger partial charge in [-0.05, 0) is 55.8 Å². The second kappa shape index (κ2) is 10.8. The molecule has 1 amide bonds. The maximum Gasteiger partial charge on any atom is 0.243 e. The smallest absolute Gasteiger partial charge is 0.243 e. The number of carbonyl (C=O) groups excluding carboxylic acids is 1. The number of hydrogen-bond acceptors (Lipinski definition) is 8. The molecule has 186 valence electrons. The Balaban J connectivity index is 1.42. The number of aromatic nitrogens is 3. The summed E-state index contributed by atoms with van der Waals surface area (Å²) in [7, 11) is -2.08. The predicted octanol–water partition coefficient (Wildman–Crippen LogP) is 2.93. The van der Waals surface area contributed by atoms with E-state index in [0.29, 0.717) is 48.5 Å². The van der Waals surface area contributed by atoms with E-state index in [0.717, 1.165) is 11.3 Å². The van der Waals surface area contributed by atoms with Crippen LogP contribution in [0.25, 0.3) is 11.4 Å². The number of amides is 1. The number of sulfonamides is 1. The summed E-state index contributed by atoms with van der Waals surface area (Å²) in [6.07, 6.45) is 0. The molecule has 1 aliphatic rings. The Morgan fingerprint density at radius 1 is 1.20 bits per heavy atom. The summed E-state index contributed by atoms with van der Waals surface area (Å²) in [6, 6.07) is 12.3. The van der Waals surface area contributed by atoms with Gasteiger partial charge in [0.25, 0.3) is 0 Å². The number of hydrogen-bond donors (Lipinski definition) is 2. The molecule has 0 radical (unpaired) electrons. The molecule has 35 heavy (non-hydrogen) atoms. The fourth-order valence-electron chi connectivity index (χ4n) is 3.51. The first-order valence-electron chi connectivity index (χ1n) is 11.0. The molecule has 3 aromatic rings. The van der Waals surface area contributed by atoms with Crippen LogP contribution < -0.4 is 10.1 Å². The van der Waals surface area contributed by atoms with E-state index in [1.165, 1.54) is 22.1 Å². The summed E-state index contributed by atoms with van der Waals surface area (Å²) in [5.74, 6) is 1.04. The fourth-order valence-corrected chi connectivity index (χ4v) is 5.90. The van der Waals surface area contributed by atoms with Crippen LogP contribution in [0.4, 0.5) is 5.69 Å². The van der Waals surface area contributed by atoms with Gasteiger partial charge in [0.15, 0.2) is 5.82 Å². The van der Waals surface area contributed by atoms with Gasteiger partial charge < -0.3 is 14.8 Å². The minimum atomic E-state index is -3.68. The predicted molar refractivity (Wildman–Crippen MR) is 133 cm³/mol. The molecule has 2 N–H and O–H groups in total. The quantitative estimate of drug-likeness (QED) is 0.437. The average molecular weight is 518 g/mol. The monoisotopic (exact) mass is 517 g/mol. The molecule has 0 bridgehead atoms. The Hall–Kier alpha value is -2.93. The molecule has 1 saturated heterocycles. The first-order chi connectivity index (χ1) is 16.8. The first kappa shape index (κ1) is 25.2. The van der Waals surface area contributed by atoms with Gasteiger partial charge in [0.2, 0.25) is 21.1 Å². The van der Waals surface area contributed by atoms with Crippen LogP contribution >= 0.6 is 11.8 Å². The number of aromatic amines is 1. The number of carbonyl (C=O) groups is 1. The Labute approximate surface area is 208 Å². The van der Waals surface area contributed by atoms with Gasteiger partial charge in [0.05, 0.1) is 30.5 Å². The van der Waals surface area contributed by atoms with Crippen LogP contribution in [0, 0.1) is 6.92 Å². The topological polar surface area (TPSA) is 127 Å². The number of nitrogens with one attached hydrogen (secondary N) is 2. The summed E-state index contributed by atoms with van der Waals surface area (Å²) in [6.45, 7) is 4.82. The van der Waals surface area contributed by atoms with Gasteiger partial charge in [0, 0.05) is 24.3 Å². The molecule has 10 nitrogen and oxygen atoms in total. The first-order valence-corrected chi connectivity index (χ1v) is 13.3. The summed E-state index contributed by atoms with van der Waals surface area (Å²) in [5, 5.41) is 9.79. The van der Waals surface area contributed by atoms with E-state index in [9.17, 15) is 13.2 Å². The van der Waals surface area contributed by atoms with E-state index in [1.54, 1.807) is 33.1 Å². The number of morpholine rings is 1. The molecular weight excluding hydrogens is 490 g/mol. The molecule has 1 atom stereocenters. The van der Waals surface area contributed by atoms with Gasteiger partial charge in [-0.2, -0.15) is 4.31 Å². The second-order valence-electron chi connectivity index (χ2n) is 7.94. The van der Waals surface area contributed by atoms with Gasteiger partial charge in [-0.15, -0.1) is 5.10 Å². The standard InChI is InChI=1S/C23H27N5O5S2/c1-15-4-7-18(14-20(15)35(30,31)28-10-12-33-13-11-28)24-22(29)16(2)34-23-25-21(26-27-23)17-5-8-19(32-3)9-6-17/h4-9,14,16H,10-13H2,1-3H3,(H,24,29)(H,25,26,27). The van der Waals surface area contributed by atoms with Crippen molar-refractivity contribution < 1.29 is 22.7 Å². The molecule has 12 heteroatoms. The highest BCUT2D eigenvalue weighted by atomic mass is 32.2. The zero-order chi connectivity index (χ0) is 25.0. The van der Waals surface area contributed by atoms with E-state index >= 15 is 0 Å². The van der Waals surface area contributed by atoms with Crippen molar-refractivity contribution in [3.8, 4) is 17.1 Å². The summed E-state index contributed by atoms with van der Waals surface area (Å²) < 4.78 is 38.0. The Kier molecular flexibility index (Phi) is 7.75. The third-order valence-electron chi connectivity index (χ3n) is 5.52. The van der Waals surface area contributed by atoms with Crippen LogP contribution in [0.3, 0.4) is 0 Å². The maximum absolute atomic E-state index is 13.1. The fraction of sp³-hybridized carbons (Fsp3) is 0.348. The van der Waals surface area contributed by atoms with Gasteiger partial charge in [0.1, 0.15) is 5.75 Å². The van der Waals surface area contributed by atoms with Crippen molar-refractivity contribution in [2.75, 3.05) is 38.7 Å². The highest BCUT2D eigenvalue weighted by Gasteiger charge is 2.28. The van der Waals surface area contributed by atoms with Crippen molar-refractivity contribution in [2.45, 2.75) is 29.1 Å². The number of ether oxygens (including phenoxy) is 2. The van der Waals surface area contributed by atoms with E-state index in [2.05, 4.69) is 20.5 Å². The molecular formula is C23H27N5O5S2. The highest BCUT2D eigenvalue weighted by Crippen LogP contribution is 2.27. The molecule has 1 aliphatic heterocycles. The zero-order valence-electron chi connectivity index (χ0n) is 19.6. The summed E-state index contributed by atoms with van der Waals surface area (Å²) >= 11 is 1.20. The number of methoxy groups -OCH3 is 1. The van der Waals surface area contributed by atoms with Gasteiger partial charge in [-0.1, -0.05) is 17.8 Å². The van der Waals surface area contributed by atoms with Crippen LogP contribution in [-0.4, -0.2) is 72.5 Å². The van der Waals surface area contributed by atoms with Gasteiger partial charge in [-0.3, -0.25) is 9.89 Å². The molecule has 2 heterocycles. The Morgan fingerprint density at radius 2 is 1.91 bits per heavy atom. The normalized spacial score (nSPS) is 15.5. The number of H-pyrrole nitrogens is 1. The minimum absolute atomic E-state index is 0.176. The van der Waals surface area contributed by atoms with Crippen molar-refractivity contribution in [1.82, 2.24) is 19.5 Å². The summed E-state index contributed by atoms with van der Waals surface area (Å²) in [5.41, 5.74) is 1.87. The number of nitrogens with zero attached hydrogens (tertiary/aromatic N) is 3. The molecule has 2 aromatic carbocycles. The number of aryl methyl sites for hydroxylation is 1. The summed E-state index contributed by atoms with van der Waals surface area (Å²) in [4.78, 5) is 17.5. The van der Waals surface area contributed by atoms with E-state index in [-0.39, 0.29) is 10.8 Å². The lowest BCUT2D eigenvalue weighted by atomic mass is 10.2. The SMILES string of the molecule is COc1ccc(-c2nc(SC(C)C(=O)Nc3ccc(C)c(S(=O)(=O)N4CCOCC4)c3)n[nH]2)cc1. The number of anilines is 1.